The predicted molar refractivity (Wildman–Crippen MR) is 116 cm³/mol. The van der Waals surface area contributed by atoms with Crippen LogP contribution in [0, 0.1) is 13.8 Å². The molecule has 0 atom stereocenters. The van der Waals surface area contributed by atoms with Crippen LogP contribution in [-0.4, -0.2) is 59.5 Å². The average Bonchev–Trinajstić information content (AvgIpc) is 2.95. The van der Waals surface area contributed by atoms with Gasteiger partial charge in [0.15, 0.2) is 5.11 Å². The van der Waals surface area contributed by atoms with Crippen LogP contribution in [0.4, 0.5) is 5.69 Å². The Balaban J connectivity index is 2.04. The number of hydrogen-bond acceptors (Lipinski definition) is 4. The van der Waals surface area contributed by atoms with Crippen molar-refractivity contribution >= 4 is 40.9 Å². The predicted octanol–water partition coefficient (Wildman–Crippen LogP) is 2.76. The summed E-state index contributed by atoms with van der Waals surface area (Å²) in [6.07, 6.45) is 1.66. The molecular weight excluding hydrogens is 372 g/mol. The Labute approximate surface area is 170 Å². The molecule has 28 heavy (non-hydrogen) atoms. The first-order valence-electron chi connectivity index (χ1n) is 8.92. The molecule has 2 aromatic rings. The summed E-state index contributed by atoms with van der Waals surface area (Å²) in [4.78, 5) is 29.9. The molecule has 146 valence electrons. The van der Waals surface area contributed by atoms with Crippen molar-refractivity contribution in [2.24, 2.45) is 0 Å². The Bertz CT molecular complexity index is 976. The van der Waals surface area contributed by atoms with Gasteiger partial charge >= 0.3 is 0 Å². The minimum absolute atomic E-state index is 0.113. The van der Waals surface area contributed by atoms with Gasteiger partial charge in [-0.05, 0) is 68.0 Å². The van der Waals surface area contributed by atoms with Crippen LogP contribution >= 0.6 is 12.2 Å². The summed E-state index contributed by atoms with van der Waals surface area (Å²) in [5.74, 6) is -0.763. The summed E-state index contributed by atoms with van der Waals surface area (Å²) in [6.45, 7) is 3.99. The van der Waals surface area contributed by atoms with Gasteiger partial charge in [-0.1, -0.05) is 0 Å². The van der Waals surface area contributed by atoms with Crippen LogP contribution in [0.15, 0.2) is 35.9 Å². The maximum atomic E-state index is 12.6. The lowest BCUT2D eigenvalue weighted by molar-refractivity contribution is -0.132. The van der Waals surface area contributed by atoms with Gasteiger partial charge in [0, 0.05) is 51.0 Å². The molecule has 7 heteroatoms. The molecule has 0 saturated carbocycles. The molecule has 1 aromatic carbocycles. The highest BCUT2D eigenvalue weighted by Crippen LogP contribution is 2.26. The van der Waals surface area contributed by atoms with Gasteiger partial charge in [0.05, 0.1) is 0 Å². The van der Waals surface area contributed by atoms with Crippen molar-refractivity contribution < 1.29 is 9.59 Å². The summed E-state index contributed by atoms with van der Waals surface area (Å²) >= 11 is 5.14. The number of rotatable bonds is 3. The van der Waals surface area contributed by atoms with Crippen molar-refractivity contribution in [3.05, 3.63) is 52.9 Å². The highest BCUT2D eigenvalue weighted by molar-refractivity contribution is 7.80. The molecule has 1 aromatic heterocycles. The number of amides is 2. The van der Waals surface area contributed by atoms with E-state index in [-0.39, 0.29) is 22.5 Å². The number of aryl methyl sites for hydroxylation is 1. The lowest BCUT2D eigenvalue weighted by atomic mass is 10.1. The Morgan fingerprint density at radius 1 is 0.964 bits per heavy atom. The van der Waals surface area contributed by atoms with Crippen LogP contribution in [-0.2, 0) is 9.59 Å². The Morgan fingerprint density at radius 2 is 1.50 bits per heavy atom. The summed E-state index contributed by atoms with van der Waals surface area (Å²) in [6, 6.07) is 10.2. The molecular formula is C21H24N4O2S. The zero-order chi connectivity index (χ0) is 20.7. The molecule has 0 radical (unpaired) electrons. The molecule has 1 fully saturated rings. The van der Waals surface area contributed by atoms with E-state index >= 15 is 0 Å². The molecule has 0 aliphatic carbocycles. The zero-order valence-electron chi connectivity index (χ0n) is 17.0. The average molecular weight is 397 g/mol. The van der Waals surface area contributed by atoms with Crippen molar-refractivity contribution in [3.8, 4) is 5.69 Å². The summed E-state index contributed by atoms with van der Waals surface area (Å²) in [5, 5.41) is 0.207. The van der Waals surface area contributed by atoms with Crippen LogP contribution in [0.25, 0.3) is 11.8 Å². The van der Waals surface area contributed by atoms with Gasteiger partial charge in [0.25, 0.3) is 11.8 Å². The fourth-order valence-electron chi connectivity index (χ4n) is 3.36. The largest absolute Gasteiger partial charge is 0.378 e. The van der Waals surface area contributed by atoms with Gasteiger partial charge in [0.1, 0.15) is 5.57 Å². The standard InChI is InChI=1S/C21H24N4O2S/c1-13-11-15(12-18-19(26)23(5)21(28)24(6)20(18)27)14(2)25(13)17-9-7-16(8-10-17)22(3)4/h7-12H,1-6H3. The van der Waals surface area contributed by atoms with Gasteiger partial charge in [-0.3, -0.25) is 19.4 Å². The molecule has 0 bridgehead atoms. The van der Waals surface area contributed by atoms with E-state index in [1.54, 1.807) is 20.2 Å². The first-order valence-corrected chi connectivity index (χ1v) is 9.32. The lowest BCUT2D eigenvalue weighted by Gasteiger charge is -2.31. The Kier molecular flexibility index (Phi) is 5.12. The minimum atomic E-state index is -0.381. The molecule has 3 rings (SSSR count). The van der Waals surface area contributed by atoms with E-state index in [0.29, 0.717) is 0 Å². The van der Waals surface area contributed by atoms with E-state index in [0.717, 1.165) is 28.3 Å². The van der Waals surface area contributed by atoms with Crippen LogP contribution in [0.3, 0.4) is 0 Å². The SMILES string of the molecule is Cc1cc(C=C2C(=O)N(C)C(=S)N(C)C2=O)c(C)n1-c1ccc(N(C)C)cc1. The van der Waals surface area contributed by atoms with Crippen molar-refractivity contribution in [2.45, 2.75) is 13.8 Å². The fraction of sp³-hybridized carbons (Fsp3) is 0.286. The van der Waals surface area contributed by atoms with Crippen LogP contribution < -0.4 is 4.90 Å². The number of aromatic nitrogens is 1. The van der Waals surface area contributed by atoms with Crippen LogP contribution in [0.5, 0.6) is 0 Å². The molecule has 1 aliphatic heterocycles. The number of carbonyl (C=O) groups excluding carboxylic acids is 2. The van der Waals surface area contributed by atoms with Crippen LogP contribution in [0.2, 0.25) is 0 Å². The third kappa shape index (κ3) is 3.22. The second-order valence-electron chi connectivity index (χ2n) is 7.14. The third-order valence-electron chi connectivity index (χ3n) is 5.04. The van der Waals surface area contributed by atoms with Gasteiger partial charge in [0.2, 0.25) is 0 Å². The van der Waals surface area contributed by atoms with Crippen molar-refractivity contribution in [3.63, 3.8) is 0 Å². The number of anilines is 1. The first kappa shape index (κ1) is 19.8. The first-order chi connectivity index (χ1) is 13.1. The number of nitrogens with zero attached hydrogens (tertiary/aromatic N) is 4. The fourth-order valence-corrected chi connectivity index (χ4v) is 3.53. The third-order valence-corrected chi connectivity index (χ3v) is 5.59. The number of benzene rings is 1. The summed E-state index contributed by atoms with van der Waals surface area (Å²) in [7, 11) is 7.17. The zero-order valence-corrected chi connectivity index (χ0v) is 17.8. The second-order valence-corrected chi connectivity index (χ2v) is 7.51. The molecule has 1 aliphatic rings. The smallest absolute Gasteiger partial charge is 0.265 e. The number of carbonyl (C=O) groups is 2. The molecule has 0 spiro atoms. The monoisotopic (exact) mass is 396 g/mol. The molecule has 1 saturated heterocycles. The maximum Gasteiger partial charge on any atom is 0.265 e. The van der Waals surface area contributed by atoms with E-state index in [9.17, 15) is 9.59 Å². The number of likely N-dealkylation sites (N-methyl/N-ethyl adjacent to an activating group) is 2. The van der Waals surface area contributed by atoms with Crippen molar-refractivity contribution in [1.82, 2.24) is 14.4 Å². The molecule has 0 unspecified atom stereocenters. The van der Waals surface area contributed by atoms with E-state index in [1.165, 1.54) is 9.80 Å². The Hall–Kier alpha value is -2.93. The van der Waals surface area contributed by atoms with Crippen molar-refractivity contribution in [1.29, 1.82) is 0 Å². The summed E-state index contributed by atoms with van der Waals surface area (Å²) in [5.41, 5.74) is 5.08. The number of thiocarbonyl (C=S) groups is 1. The lowest BCUT2D eigenvalue weighted by Crippen LogP contribution is -2.52. The Morgan fingerprint density at radius 3 is 2.00 bits per heavy atom. The maximum absolute atomic E-state index is 12.6. The normalized spacial score (nSPS) is 14.8. The van der Waals surface area contributed by atoms with Crippen molar-refractivity contribution in [2.75, 3.05) is 33.1 Å². The molecule has 2 amide bonds. The van der Waals surface area contributed by atoms with Gasteiger partial charge in [-0.2, -0.15) is 0 Å². The van der Waals surface area contributed by atoms with Gasteiger partial charge < -0.3 is 9.47 Å². The second kappa shape index (κ2) is 7.24. The van der Waals surface area contributed by atoms with Crippen LogP contribution in [0.1, 0.15) is 17.0 Å². The highest BCUT2D eigenvalue weighted by atomic mass is 32.1. The van der Waals surface area contributed by atoms with E-state index < -0.39 is 0 Å². The minimum Gasteiger partial charge on any atom is -0.378 e. The molecule has 2 heterocycles. The molecule has 6 nitrogen and oxygen atoms in total. The van der Waals surface area contributed by atoms with Gasteiger partial charge in [-0.25, -0.2) is 0 Å². The number of hydrogen-bond donors (Lipinski definition) is 0. The topological polar surface area (TPSA) is 48.8 Å². The molecule has 0 N–H and O–H groups in total. The summed E-state index contributed by atoms with van der Waals surface area (Å²) < 4.78 is 2.11. The van der Waals surface area contributed by atoms with Gasteiger partial charge in [-0.15, -0.1) is 0 Å². The van der Waals surface area contributed by atoms with E-state index in [4.69, 9.17) is 12.2 Å². The van der Waals surface area contributed by atoms with E-state index in [2.05, 4.69) is 28.8 Å². The quantitative estimate of drug-likeness (QED) is 0.455. The highest BCUT2D eigenvalue weighted by Gasteiger charge is 2.35. The van der Waals surface area contributed by atoms with E-state index in [1.807, 2.05) is 38.9 Å².